The van der Waals surface area contributed by atoms with Crippen molar-refractivity contribution >= 4 is 5.82 Å². The van der Waals surface area contributed by atoms with Crippen LogP contribution in [0.4, 0.5) is 5.82 Å². The van der Waals surface area contributed by atoms with E-state index < -0.39 is 0 Å². The fourth-order valence-electron chi connectivity index (χ4n) is 1.72. The SMILES string of the molecule is CC1CC(c2cc(N)n[nH]2)C1. The number of aromatic nitrogens is 2. The maximum atomic E-state index is 5.49. The predicted octanol–water partition coefficient (Wildman–Crippen LogP) is 1.51. The Bertz CT molecular complexity index is 248. The van der Waals surface area contributed by atoms with Crippen LogP contribution in [0.1, 0.15) is 31.4 Å². The van der Waals surface area contributed by atoms with Crippen LogP contribution in [-0.4, -0.2) is 10.2 Å². The highest BCUT2D eigenvalue weighted by atomic mass is 15.2. The zero-order chi connectivity index (χ0) is 7.84. The number of nitrogen functional groups attached to an aromatic ring is 1. The van der Waals surface area contributed by atoms with E-state index in [9.17, 15) is 0 Å². The van der Waals surface area contributed by atoms with Gasteiger partial charge in [-0.1, -0.05) is 6.92 Å². The largest absolute Gasteiger partial charge is 0.382 e. The number of nitrogens with one attached hydrogen (secondary N) is 1. The molecule has 1 heterocycles. The molecular weight excluding hydrogens is 138 g/mol. The highest BCUT2D eigenvalue weighted by molar-refractivity contribution is 5.30. The third-order valence-corrected chi connectivity index (χ3v) is 2.43. The van der Waals surface area contributed by atoms with Gasteiger partial charge < -0.3 is 5.73 Å². The van der Waals surface area contributed by atoms with Crippen molar-refractivity contribution in [2.75, 3.05) is 5.73 Å². The predicted molar refractivity (Wildman–Crippen MR) is 44.1 cm³/mol. The molecule has 0 radical (unpaired) electrons. The molecule has 2 rings (SSSR count). The molecule has 1 aliphatic carbocycles. The Morgan fingerprint density at radius 1 is 1.64 bits per heavy atom. The average Bonchev–Trinajstić information content (AvgIpc) is 2.29. The minimum atomic E-state index is 0.611. The molecule has 1 aromatic heterocycles. The molecule has 1 aromatic rings. The number of H-pyrrole nitrogens is 1. The van der Waals surface area contributed by atoms with Crippen molar-refractivity contribution in [3.8, 4) is 0 Å². The number of rotatable bonds is 1. The first kappa shape index (κ1) is 6.70. The van der Waals surface area contributed by atoms with Crippen LogP contribution in [-0.2, 0) is 0 Å². The van der Waals surface area contributed by atoms with Gasteiger partial charge in [-0.2, -0.15) is 5.10 Å². The quantitative estimate of drug-likeness (QED) is 0.639. The molecule has 0 aliphatic heterocycles. The molecule has 0 atom stereocenters. The van der Waals surface area contributed by atoms with Crippen molar-refractivity contribution in [2.45, 2.75) is 25.7 Å². The maximum absolute atomic E-state index is 5.49. The van der Waals surface area contributed by atoms with Crippen LogP contribution >= 0.6 is 0 Å². The van der Waals surface area contributed by atoms with Crippen LogP contribution in [0.2, 0.25) is 0 Å². The van der Waals surface area contributed by atoms with Crippen LogP contribution in [0.15, 0.2) is 6.07 Å². The summed E-state index contributed by atoms with van der Waals surface area (Å²) in [4.78, 5) is 0. The Morgan fingerprint density at radius 3 is 2.82 bits per heavy atom. The summed E-state index contributed by atoms with van der Waals surface area (Å²) < 4.78 is 0. The first-order chi connectivity index (χ1) is 5.25. The second kappa shape index (κ2) is 2.26. The third kappa shape index (κ3) is 1.11. The number of nitrogens with zero attached hydrogens (tertiary/aromatic N) is 1. The molecule has 60 valence electrons. The first-order valence-corrected chi connectivity index (χ1v) is 4.06. The number of hydrogen-bond donors (Lipinski definition) is 2. The monoisotopic (exact) mass is 151 g/mol. The molecule has 0 saturated heterocycles. The fourth-order valence-corrected chi connectivity index (χ4v) is 1.72. The van der Waals surface area contributed by atoms with Gasteiger partial charge in [0, 0.05) is 17.7 Å². The minimum absolute atomic E-state index is 0.611. The summed E-state index contributed by atoms with van der Waals surface area (Å²) in [5.41, 5.74) is 6.70. The van der Waals surface area contributed by atoms with Gasteiger partial charge in [0.1, 0.15) is 5.82 Å². The van der Waals surface area contributed by atoms with E-state index in [4.69, 9.17) is 5.73 Å². The summed E-state index contributed by atoms with van der Waals surface area (Å²) in [5.74, 6) is 2.18. The molecule has 0 spiro atoms. The van der Waals surface area contributed by atoms with E-state index in [-0.39, 0.29) is 0 Å². The summed E-state index contributed by atoms with van der Waals surface area (Å²) in [6.07, 6.45) is 2.56. The van der Waals surface area contributed by atoms with Gasteiger partial charge >= 0.3 is 0 Å². The van der Waals surface area contributed by atoms with Gasteiger partial charge in [0.2, 0.25) is 0 Å². The molecule has 11 heavy (non-hydrogen) atoms. The zero-order valence-corrected chi connectivity index (χ0v) is 6.67. The molecule has 1 saturated carbocycles. The lowest BCUT2D eigenvalue weighted by Crippen LogP contribution is -2.19. The van der Waals surface area contributed by atoms with E-state index in [1.807, 2.05) is 6.07 Å². The average molecular weight is 151 g/mol. The second-order valence-electron chi connectivity index (χ2n) is 3.52. The number of nitrogens with two attached hydrogens (primary N) is 1. The Hall–Kier alpha value is -0.990. The molecule has 3 nitrogen and oxygen atoms in total. The highest BCUT2D eigenvalue weighted by Gasteiger charge is 2.27. The van der Waals surface area contributed by atoms with E-state index in [2.05, 4.69) is 17.1 Å². The molecule has 0 bridgehead atoms. The Kier molecular flexibility index (Phi) is 1.37. The molecule has 3 heteroatoms. The van der Waals surface area contributed by atoms with Crippen molar-refractivity contribution in [1.82, 2.24) is 10.2 Å². The molecule has 1 fully saturated rings. The lowest BCUT2D eigenvalue weighted by molar-refractivity contribution is 0.283. The van der Waals surface area contributed by atoms with E-state index in [0.29, 0.717) is 11.7 Å². The van der Waals surface area contributed by atoms with Gasteiger partial charge in [0.25, 0.3) is 0 Å². The molecular formula is C8H13N3. The molecule has 0 aromatic carbocycles. The van der Waals surface area contributed by atoms with Gasteiger partial charge in [-0.15, -0.1) is 0 Å². The Balaban J connectivity index is 2.07. The summed E-state index contributed by atoms with van der Waals surface area (Å²) in [5, 5.41) is 6.85. The van der Waals surface area contributed by atoms with E-state index in [0.717, 1.165) is 5.92 Å². The fraction of sp³-hybridized carbons (Fsp3) is 0.625. The third-order valence-electron chi connectivity index (χ3n) is 2.43. The molecule has 3 N–H and O–H groups in total. The summed E-state index contributed by atoms with van der Waals surface area (Å²) in [6, 6.07) is 1.94. The van der Waals surface area contributed by atoms with Crippen LogP contribution in [0.25, 0.3) is 0 Å². The van der Waals surface area contributed by atoms with Crippen molar-refractivity contribution in [1.29, 1.82) is 0 Å². The van der Waals surface area contributed by atoms with Gasteiger partial charge in [-0.05, 0) is 18.8 Å². The number of hydrogen-bond acceptors (Lipinski definition) is 2. The van der Waals surface area contributed by atoms with Gasteiger partial charge in [0.05, 0.1) is 0 Å². The summed E-state index contributed by atoms with van der Waals surface area (Å²) in [6.45, 7) is 2.27. The minimum Gasteiger partial charge on any atom is -0.382 e. The van der Waals surface area contributed by atoms with Crippen molar-refractivity contribution in [3.05, 3.63) is 11.8 Å². The highest BCUT2D eigenvalue weighted by Crippen LogP contribution is 2.40. The maximum Gasteiger partial charge on any atom is 0.145 e. The van der Waals surface area contributed by atoms with Gasteiger partial charge in [0.15, 0.2) is 0 Å². The summed E-state index contributed by atoms with van der Waals surface area (Å²) >= 11 is 0. The Labute approximate surface area is 66.0 Å². The van der Waals surface area contributed by atoms with Crippen LogP contribution < -0.4 is 5.73 Å². The van der Waals surface area contributed by atoms with E-state index in [1.165, 1.54) is 18.5 Å². The standard InChI is InChI=1S/C8H13N3/c1-5-2-6(3-5)7-4-8(9)11-10-7/h4-6H,2-3H2,1H3,(H3,9,10,11). The smallest absolute Gasteiger partial charge is 0.145 e. The second-order valence-corrected chi connectivity index (χ2v) is 3.52. The Morgan fingerprint density at radius 2 is 2.36 bits per heavy atom. The van der Waals surface area contributed by atoms with Crippen molar-refractivity contribution < 1.29 is 0 Å². The number of aromatic amines is 1. The summed E-state index contributed by atoms with van der Waals surface area (Å²) in [7, 11) is 0. The van der Waals surface area contributed by atoms with Crippen molar-refractivity contribution in [2.24, 2.45) is 5.92 Å². The van der Waals surface area contributed by atoms with Crippen LogP contribution in [0, 0.1) is 5.92 Å². The van der Waals surface area contributed by atoms with Crippen molar-refractivity contribution in [3.63, 3.8) is 0 Å². The molecule has 0 unspecified atom stereocenters. The van der Waals surface area contributed by atoms with Crippen LogP contribution in [0.5, 0.6) is 0 Å². The normalized spacial score (nSPS) is 29.9. The zero-order valence-electron chi connectivity index (χ0n) is 6.67. The topological polar surface area (TPSA) is 54.7 Å². The van der Waals surface area contributed by atoms with E-state index >= 15 is 0 Å². The lowest BCUT2D eigenvalue weighted by atomic mass is 9.74. The van der Waals surface area contributed by atoms with Gasteiger partial charge in [-0.3, -0.25) is 5.10 Å². The van der Waals surface area contributed by atoms with E-state index in [1.54, 1.807) is 0 Å². The molecule has 1 aliphatic rings. The molecule has 0 amide bonds. The lowest BCUT2D eigenvalue weighted by Gasteiger charge is -2.31. The van der Waals surface area contributed by atoms with Gasteiger partial charge in [-0.25, -0.2) is 0 Å². The first-order valence-electron chi connectivity index (χ1n) is 4.06. The number of anilines is 1. The van der Waals surface area contributed by atoms with Crippen LogP contribution in [0.3, 0.4) is 0 Å².